The van der Waals surface area contributed by atoms with Crippen molar-refractivity contribution in [2.45, 2.75) is 26.8 Å². The Labute approximate surface area is 124 Å². The van der Waals surface area contributed by atoms with Gasteiger partial charge in [0.1, 0.15) is 0 Å². The normalized spacial score (nSPS) is 11.2. The molecule has 0 aliphatic heterocycles. The minimum Gasteiger partial charge on any atom is -0.445 e. The van der Waals surface area contributed by atoms with Gasteiger partial charge in [-0.2, -0.15) is 5.10 Å². The van der Waals surface area contributed by atoms with Gasteiger partial charge >= 0.3 is 58.4 Å². The topological polar surface area (TPSA) is 17.8 Å². The van der Waals surface area contributed by atoms with E-state index in [4.69, 9.17) is 0 Å². The molecule has 0 saturated heterocycles. The van der Waals surface area contributed by atoms with Crippen molar-refractivity contribution in [3.63, 3.8) is 0 Å². The van der Waals surface area contributed by atoms with E-state index in [-0.39, 0.29) is 57.1 Å². The van der Waals surface area contributed by atoms with Crippen LogP contribution in [0.15, 0.2) is 6.20 Å². The molecule has 1 aromatic rings. The van der Waals surface area contributed by atoms with Crippen LogP contribution in [0, 0.1) is 6.92 Å². The average Bonchev–Trinajstić information content (AvgIpc) is 2.30. The molecule has 0 atom stereocenters. The van der Waals surface area contributed by atoms with Gasteiger partial charge in [0.15, 0.2) is 0 Å². The molecule has 0 unspecified atom stereocenters. The van der Waals surface area contributed by atoms with Crippen molar-refractivity contribution in [1.82, 2.24) is 9.78 Å². The molecule has 0 N–H and O–H groups in total. The Balaban J connectivity index is 0.00000169. The van der Waals surface area contributed by atoms with E-state index in [1.807, 2.05) is 6.92 Å². The van der Waals surface area contributed by atoms with Crippen LogP contribution < -0.4 is 56.8 Å². The van der Waals surface area contributed by atoms with Crippen molar-refractivity contribution in [2.24, 2.45) is 0 Å². The quantitative estimate of drug-likeness (QED) is 0.588. The van der Waals surface area contributed by atoms with Crippen LogP contribution >= 0.6 is 0 Å². The second kappa shape index (κ2) is 5.69. The Hall–Kier alpha value is 0.701. The molecule has 2 nitrogen and oxygen atoms in total. The minimum atomic E-state index is -4.91. The summed E-state index contributed by atoms with van der Waals surface area (Å²) in [5.41, 5.74) is -0.505. The largest absolute Gasteiger partial charge is 1.00 e. The maximum atomic E-state index is 12.3. The molecule has 1 rings (SSSR count). The van der Waals surface area contributed by atoms with Gasteiger partial charge in [0, 0.05) is 12.2 Å². The first-order valence-corrected chi connectivity index (χ1v) is 4.19. The third kappa shape index (κ3) is 3.69. The molecule has 0 aliphatic carbocycles. The number of aryl methyl sites for hydroxylation is 2. The van der Waals surface area contributed by atoms with Gasteiger partial charge in [0.2, 0.25) is 0 Å². The summed E-state index contributed by atoms with van der Waals surface area (Å²) in [5, 5.41) is 3.78. The van der Waals surface area contributed by atoms with Gasteiger partial charge in [0.25, 0.3) is 0 Å². The number of hydrogen-bond acceptors (Lipinski definition) is 1. The van der Waals surface area contributed by atoms with E-state index in [1.165, 1.54) is 11.6 Å². The molecule has 74 valence electrons. The molecule has 0 amide bonds. The first-order chi connectivity index (χ1) is 5.95. The molecular formula is C7H11BF3KN2. The number of nitrogens with zero attached hydrogens (tertiary/aromatic N) is 2. The first-order valence-electron chi connectivity index (χ1n) is 4.19. The van der Waals surface area contributed by atoms with Crippen molar-refractivity contribution in [3.05, 3.63) is 11.9 Å². The number of rotatable bonds is 3. The Morgan fingerprint density at radius 3 is 2.36 bits per heavy atom. The number of aromatic nitrogens is 2. The van der Waals surface area contributed by atoms with Crippen LogP contribution in [0.4, 0.5) is 12.9 Å². The molecule has 1 aromatic heterocycles. The van der Waals surface area contributed by atoms with Crippen molar-refractivity contribution in [2.75, 3.05) is 0 Å². The van der Waals surface area contributed by atoms with Gasteiger partial charge in [-0.25, -0.2) is 0 Å². The van der Waals surface area contributed by atoms with Gasteiger partial charge in [-0.05, 0) is 19.5 Å². The average molecular weight is 230 g/mol. The van der Waals surface area contributed by atoms with Crippen LogP contribution in [0.5, 0.6) is 0 Å². The molecule has 0 radical (unpaired) electrons. The Morgan fingerprint density at radius 2 is 2.00 bits per heavy atom. The zero-order valence-electron chi connectivity index (χ0n) is 8.60. The molecule has 0 spiro atoms. The van der Waals surface area contributed by atoms with Gasteiger partial charge < -0.3 is 12.9 Å². The van der Waals surface area contributed by atoms with E-state index in [1.54, 1.807) is 0 Å². The summed E-state index contributed by atoms with van der Waals surface area (Å²) in [6, 6.07) is 0. The van der Waals surface area contributed by atoms with Crippen LogP contribution in [-0.4, -0.2) is 16.8 Å². The zero-order chi connectivity index (χ0) is 10.1. The Morgan fingerprint density at radius 1 is 1.43 bits per heavy atom. The standard InChI is InChI=1S/C7H11BF3N2.K/c1-3-4-13-5-7(6(2)12-13)8(9,10)11;/h5H,3-4H2,1-2H3;/q-1;+1. The summed E-state index contributed by atoms with van der Waals surface area (Å²) < 4.78 is 38.3. The molecule has 14 heavy (non-hydrogen) atoms. The molecule has 0 aliphatic rings. The van der Waals surface area contributed by atoms with Crippen molar-refractivity contribution >= 4 is 12.4 Å². The third-order valence-electron chi connectivity index (χ3n) is 1.79. The van der Waals surface area contributed by atoms with Gasteiger partial charge in [-0.15, -0.1) is 0 Å². The molecule has 0 saturated carbocycles. The number of hydrogen-bond donors (Lipinski definition) is 0. The van der Waals surface area contributed by atoms with Crippen LogP contribution in [0.3, 0.4) is 0 Å². The van der Waals surface area contributed by atoms with E-state index in [0.717, 1.165) is 12.6 Å². The van der Waals surface area contributed by atoms with Crippen molar-refractivity contribution in [1.29, 1.82) is 0 Å². The fourth-order valence-electron chi connectivity index (χ4n) is 1.20. The second-order valence-corrected chi connectivity index (χ2v) is 3.01. The van der Waals surface area contributed by atoms with Gasteiger partial charge in [-0.3, -0.25) is 4.68 Å². The van der Waals surface area contributed by atoms with Gasteiger partial charge in [-0.1, -0.05) is 12.4 Å². The van der Waals surface area contributed by atoms with Crippen molar-refractivity contribution < 1.29 is 64.3 Å². The maximum absolute atomic E-state index is 12.3. The van der Waals surface area contributed by atoms with Crippen LogP contribution in [0.2, 0.25) is 0 Å². The number of halogens is 3. The van der Waals surface area contributed by atoms with E-state index >= 15 is 0 Å². The van der Waals surface area contributed by atoms with E-state index < -0.39 is 12.4 Å². The second-order valence-electron chi connectivity index (χ2n) is 3.01. The fraction of sp³-hybridized carbons (Fsp3) is 0.571. The molecular weight excluding hydrogens is 219 g/mol. The van der Waals surface area contributed by atoms with Gasteiger partial charge in [0.05, 0.1) is 0 Å². The maximum Gasteiger partial charge on any atom is 1.00 e. The summed E-state index contributed by atoms with van der Waals surface area (Å²) in [6.07, 6.45) is 1.87. The van der Waals surface area contributed by atoms with E-state index in [2.05, 4.69) is 5.10 Å². The van der Waals surface area contributed by atoms with E-state index in [0.29, 0.717) is 6.54 Å². The molecule has 0 bridgehead atoms. The predicted octanol–water partition coefficient (Wildman–Crippen LogP) is -1.34. The van der Waals surface area contributed by atoms with E-state index in [9.17, 15) is 12.9 Å². The van der Waals surface area contributed by atoms with Crippen LogP contribution in [-0.2, 0) is 6.54 Å². The SMILES string of the molecule is CCCn1cc([B-](F)(F)F)c(C)n1.[K+]. The smallest absolute Gasteiger partial charge is 0.445 e. The first kappa shape index (κ1) is 14.7. The zero-order valence-corrected chi connectivity index (χ0v) is 11.7. The summed E-state index contributed by atoms with van der Waals surface area (Å²) >= 11 is 0. The summed E-state index contributed by atoms with van der Waals surface area (Å²) in [7, 11) is 0. The Bertz CT molecular complexity index is 298. The molecule has 0 fully saturated rings. The van der Waals surface area contributed by atoms with Crippen LogP contribution in [0.25, 0.3) is 0 Å². The minimum absolute atomic E-state index is 0. The predicted molar refractivity (Wildman–Crippen MR) is 46.0 cm³/mol. The summed E-state index contributed by atoms with van der Waals surface area (Å²) in [5.74, 6) is 0. The van der Waals surface area contributed by atoms with Crippen LogP contribution in [0.1, 0.15) is 19.0 Å². The summed E-state index contributed by atoms with van der Waals surface area (Å²) in [4.78, 5) is 0. The monoisotopic (exact) mass is 230 g/mol. The van der Waals surface area contributed by atoms with Crippen molar-refractivity contribution in [3.8, 4) is 0 Å². The molecule has 1 heterocycles. The third-order valence-corrected chi connectivity index (χ3v) is 1.79. The molecule has 7 heteroatoms. The summed E-state index contributed by atoms with van der Waals surface area (Å²) in [6.45, 7) is -1.09. The molecule has 0 aromatic carbocycles. The Kier molecular flexibility index (Phi) is 5.98. The fourth-order valence-corrected chi connectivity index (χ4v) is 1.20.